The van der Waals surface area contributed by atoms with Gasteiger partial charge in [0.25, 0.3) is 0 Å². The summed E-state index contributed by atoms with van der Waals surface area (Å²) in [5.74, 6) is -1.75. The SMILES string of the molecule is O=C(O)CC(=O)C[C@H](O)COC(c1ccccc1)(c1ccccc1)c1ccccc1. The molecule has 0 aliphatic rings. The number of carbonyl (C=O) groups is 2. The van der Waals surface area contributed by atoms with Gasteiger partial charge >= 0.3 is 5.97 Å². The van der Waals surface area contributed by atoms with Gasteiger partial charge in [-0.05, 0) is 16.7 Å². The van der Waals surface area contributed by atoms with E-state index in [1.54, 1.807) is 0 Å². The minimum atomic E-state index is -1.21. The van der Waals surface area contributed by atoms with E-state index in [-0.39, 0.29) is 13.0 Å². The largest absolute Gasteiger partial charge is 0.481 e. The Morgan fingerprint density at radius 2 is 1.17 bits per heavy atom. The summed E-state index contributed by atoms with van der Waals surface area (Å²) in [6.45, 7) is -0.135. The molecule has 0 radical (unpaired) electrons. The van der Waals surface area contributed by atoms with Gasteiger partial charge in [-0.1, -0.05) is 91.0 Å². The lowest BCUT2D eigenvalue weighted by Gasteiger charge is -2.36. The highest BCUT2D eigenvalue weighted by Crippen LogP contribution is 2.40. The second-order valence-electron chi connectivity index (χ2n) is 7.06. The summed E-state index contributed by atoms with van der Waals surface area (Å²) >= 11 is 0. The van der Waals surface area contributed by atoms with E-state index in [0.29, 0.717) is 0 Å². The maximum Gasteiger partial charge on any atom is 0.310 e. The number of carbonyl (C=O) groups excluding carboxylic acids is 1. The zero-order valence-electron chi connectivity index (χ0n) is 16.5. The minimum Gasteiger partial charge on any atom is -0.481 e. The summed E-state index contributed by atoms with van der Waals surface area (Å²) in [7, 11) is 0. The number of aliphatic hydroxyl groups is 1. The monoisotopic (exact) mass is 404 g/mol. The van der Waals surface area contributed by atoms with Crippen LogP contribution in [0.5, 0.6) is 0 Å². The number of carboxylic acids is 1. The third kappa shape index (κ3) is 5.00. The predicted molar refractivity (Wildman–Crippen MR) is 113 cm³/mol. The van der Waals surface area contributed by atoms with E-state index < -0.39 is 29.9 Å². The molecule has 5 nitrogen and oxygen atoms in total. The Balaban J connectivity index is 1.99. The van der Waals surface area contributed by atoms with E-state index in [0.717, 1.165) is 16.7 Å². The van der Waals surface area contributed by atoms with Gasteiger partial charge in [-0.3, -0.25) is 9.59 Å². The summed E-state index contributed by atoms with van der Waals surface area (Å²) in [5, 5.41) is 19.2. The molecule has 0 saturated heterocycles. The van der Waals surface area contributed by atoms with Crippen LogP contribution in [0.2, 0.25) is 0 Å². The first kappa shape index (κ1) is 21.4. The quantitative estimate of drug-likeness (QED) is 0.397. The number of ether oxygens (including phenoxy) is 1. The van der Waals surface area contributed by atoms with Gasteiger partial charge in [-0.25, -0.2) is 0 Å². The van der Waals surface area contributed by atoms with Crippen LogP contribution in [0.1, 0.15) is 29.5 Å². The average molecular weight is 404 g/mol. The third-order valence-corrected chi connectivity index (χ3v) is 4.84. The van der Waals surface area contributed by atoms with Crippen LogP contribution in [0.3, 0.4) is 0 Å². The van der Waals surface area contributed by atoms with E-state index in [1.165, 1.54) is 0 Å². The lowest BCUT2D eigenvalue weighted by molar-refractivity contribution is -0.141. The molecular weight excluding hydrogens is 380 g/mol. The summed E-state index contributed by atoms with van der Waals surface area (Å²) < 4.78 is 6.41. The Morgan fingerprint density at radius 1 is 0.767 bits per heavy atom. The van der Waals surface area contributed by atoms with Crippen molar-refractivity contribution in [2.45, 2.75) is 24.5 Å². The topological polar surface area (TPSA) is 83.8 Å². The normalized spacial score (nSPS) is 12.3. The van der Waals surface area contributed by atoms with Crippen molar-refractivity contribution < 1.29 is 24.5 Å². The number of carboxylic acid groups (broad SMARTS) is 1. The van der Waals surface area contributed by atoms with Gasteiger partial charge in [0.05, 0.1) is 12.7 Å². The summed E-state index contributed by atoms with van der Waals surface area (Å²) in [6, 6.07) is 29.1. The van der Waals surface area contributed by atoms with Crippen molar-refractivity contribution in [2.24, 2.45) is 0 Å². The van der Waals surface area contributed by atoms with Crippen molar-refractivity contribution >= 4 is 11.8 Å². The molecule has 0 unspecified atom stereocenters. The van der Waals surface area contributed by atoms with Crippen LogP contribution in [0.4, 0.5) is 0 Å². The van der Waals surface area contributed by atoms with Gasteiger partial charge < -0.3 is 14.9 Å². The fourth-order valence-electron chi connectivity index (χ4n) is 3.55. The van der Waals surface area contributed by atoms with Crippen molar-refractivity contribution in [1.29, 1.82) is 0 Å². The molecule has 30 heavy (non-hydrogen) atoms. The average Bonchev–Trinajstić information content (AvgIpc) is 2.76. The number of benzene rings is 3. The number of aliphatic carboxylic acids is 1. The van der Waals surface area contributed by atoms with Crippen molar-refractivity contribution in [1.82, 2.24) is 0 Å². The Kier molecular flexibility index (Phi) is 7.12. The van der Waals surface area contributed by atoms with Gasteiger partial charge in [-0.2, -0.15) is 0 Å². The molecule has 0 saturated carbocycles. The highest BCUT2D eigenvalue weighted by atomic mass is 16.5. The maximum absolute atomic E-state index is 11.8. The van der Waals surface area contributed by atoms with E-state index >= 15 is 0 Å². The van der Waals surface area contributed by atoms with Crippen molar-refractivity contribution in [3.8, 4) is 0 Å². The second-order valence-corrected chi connectivity index (χ2v) is 7.06. The first-order chi connectivity index (χ1) is 14.5. The molecule has 0 spiro atoms. The van der Waals surface area contributed by atoms with Crippen LogP contribution < -0.4 is 0 Å². The molecule has 0 aliphatic carbocycles. The van der Waals surface area contributed by atoms with Crippen LogP contribution in [-0.4, -0.2) is 34.7 Å². The van der Waals surface area contributed by atoms with Crippen LogP contribution in [0.25, 0.3) is 0 Å². The number of rotatable bonds is 10. The van der Waals surface area contributed by atoms with Crippen molar-refractivity contribution in [2.75, 3.05) is 6.61 Å². The molecular formula is C25H24O5. The smallest absolute Gasteiger partial charge is 0.310 e. The zero-order valence-corrected chi connectivity index (χ0v) is 16.5. The fourth-order valence-corrected chi connectivity index (χ4v) is 3.55. The number of hydrogen-bond acceptors (Lipinski definition) is 4. The van der Waals surface area contributed by atoms with Crippen molar-refractivity contribution in [3.63, 3.8) is 0 Å². The highest BCUT2D eigenvalue weighted by Gasteiger charge is 2.38. The van der Waals surface area contributed by atoms with Gasteiger partial charge in [0.2, 0.25) is 0 Å². The molecule has 154 valence electrons. The first-order valence-electron chi connectivity index (χ1n) is 9.74. The minimum absolute atomic E-state index is 0.135. The number of aliphatic hydroxyl groups excluding tert-OH is 1. The van der Waals surface area contributed by atoms with Crippen LogP contribution in [0, 0.1) is 0 Å². The maximum atomic E-state index is 11.8. The summed E-state index contributed by atoms with van der Waals surface area (Å²) in [6.07, 6.45) is -2.01. The molecule has 3 rings (SSSR count). The van der Waals surface area contributed by atoms with Gasteiger partial charge in [0, 0.05) is 6.42 Å². The first-order valence-corrected chi connectivity index (χ1v) is 9.74. The van der Waals surface area contributed by atoms with Gasteiger partial charge in [0.15, 0.2) is 0 Å². The van der Waals surface area contributed by atoms with E-state index in [9.17, 15) is 14.7 Å². The Morgan fingerprint density at radius 3 is 1.53 bits per heavy atom. The number of ketones is 1. The third-order valence-electron chi connectivity index (χ3n) is 4.84. The Bertz CT molecular complexity index is 858. The Hall–Kier alpha value is -3.28. The molecule has 3 aromatic rings. The van der Waals surface area contributed by atoms with Crippen LogP contribution in [0.15, 0.2) is 91.0 Å². The van der Waals surface area contributed by atoms with E-state index in [2.05, 4.69) is 0 Å². The van der Waals surface area contributed by atoms with E-state index in [1.807, 2.05) is 91.0 Å². The lowest BCUT2D eigenvalue weighted by Crippen LogP contribution is -2.36. The lowest BCUT2D eigenvalue weighted by atomic mass is 9.80. The molecule has 0 aliphatic heterocycles. The fraction of sp³-hybridized carbons (Fsp3) is 0.200. The van der Waals surface area contributed by atoms with E-state index in [4.69, 9.17) is 9.84 Å². The molecule has 3 aromatic carbocycles. The second kappa shape index (κ2) is 9.96. The highest BCUT2D eigenvalue weighted by molar-refractivity contribution is 5.94. The molecule has 2 N–H and O–H groups in total. The van der Waals surface area contributed by atoms with Gasteiger partial charge in [-0.15, -0.1) is 0 Å². The molecule has 0 amide bonds. The summed E-state index contributed by atoms with van der Waals surface area (Å²) in [4.78, 5) is 22.5. The molecule has 0 aromatic heterocycles. The zero-order chi connectivity index (χ0) is 21.4. The Labute approximate surface area is 175 Å². The predicted octanol–water partition coefficient (Wildman–Crippen LogP) is 3.79. The molecule has 0 bridgehead atoms. The molecule has 1 atom stereocenters. The van der Waals surface area contributed by atoms with Crippen molar-refractivity contribution in [3.05, 3.63) is 108 Å². The standard InChI is InChI=1S/C25H24O5/c26-22(17-24(28)29)16-23(27)18-30-25(19-10-4-1-5-11-19,20-12-6-2-7-13-20)21-14-8-3-9-15-21/h1-15,23,27H,16-18H2,(H,28,29)/t23-/m0/s1. The number of Topliss-reactive ketones (excluding diaryl/α,β-unsaturated/α-hetero) is 1. The van der Waals surface area contributed by atoms with Gasteiger partial charge in [0.1, 0.15) is 17.8 Å². The molecule has 0 fully saturated rings. The summed E-state index contributed by atoms with van der Waals surface area (Å²) in [5.41, 5.74) is 1.64. The van der Waals surface area contributed by atoms with Crippen LogP contribution >= 0.6 is 0 Å². The number of hydrogen-bond donors (Lipinski definition) is 2. The molecule has 5 heteroatoms. The molecule has 0 heterocycles. The van der Waals surface area contributed by atoms with Crippen LogP contribution in [-0.2, 0) is 19.9 Å².